The molecule has 30 heavy (non-hydrogen) atoms. The van der Waals surface area contributed by atoms with Gasteiger partial charge in [-0.15, -0.1) is 4.91 Å². The molecule has 0 heterocycles. The Morgan fingerprint density at radius 1 is 0.867 bits per heavy atom. The molecular weight excluding hydrogens is 382 g/mol. The van der Waals surface area contributed by atoms with Gasteiger partial charge in [-0.05, 0) is 48.9 Å². The first kappa shape index (κ1) is 23.7. The number of carbonyl (C=O) groups is 1. The zero-order valence-corrected chi connectivity index (χ0v) is 17.9. The van der Waals surface area contributed by atoms with Gasteiger partial charge in [0.2, 0.25) is 0 Å². The maximum absolute atomic E-state index is 11.1. The Balaban J connectivity index is 1.55. The van der Waals surface area contributed by atoms with Crippen molar-refractivity contribution in [3.05, 3.63) is 69.6 Å². The number of hydrogen-bond donors (Lipinski definition) is 0. The summed E-state index contributed by atoms with van der Waals surface area (Å²) in [6.07, 6.45) is 2.33. The van der Waals surface area contributed by atoms with Crippen molar-refractivity contribution in [1.29, 1.82) is 0 Å². The Morgan fingerprint density at radius 2 is 1.50 bits per heavy atom. The number of nitrogens with zero attached hydrogens (tertiary/aromatic N) is 1. The predicted octanol–water partition coefficient (Wildman–Crippen LogP) is 4.92. The number of ether oxygens (including phenoxy) is 3. The molecule has 162 valence electrons. The van der Waals surface area contributed by atoms with Gasteiger partial charge in [-0.3, -0.25) is 4.79 Å². The lowest BCUT2D eigenvalue weighted by Gasteiger charge is -2.14. The Kier molecular flexibility index (Phi) is 10.8. The van der Waals surface area contributed by atoms with Crippen LogP contribution in [0.4, 0.5) is 0 Å². The standard InChI is InChI=1S/C24H31NO5/c1-19-16-22(10-11-23(26)25-27)17-20(2)24(19)30-15-7-13-28-12-6-14-29-18-21-8-4-3-5-9-21/h3-5,8-9,16-17H,6-7,10-15,18H2,1-2H3. The van der Waals surface area contributed by atoms with Crippen LogP contribution in [0.3, 0.4) is 0 Å². The third-order valence-corrected chi connectivity index (χ3v) is 4.62. The van der Waals surface area contributed by atoms with Crippen molar-refractivity contribution in [3.63, 3.8) is 0 Å². The molecule has 0 atom stereocenters. The third kappa shape index (κ3) is 8.84. The van der Waals surface area contributed by atoms with Gasteiger partial charge < -0.3 is 14.2 Å². The maximum Gasteiger partial charge on any atom is 0.286 e. The van der Waals surface area contributed by atoms with E-state index in [2.05, 4.69) is 17.3 Å². The zero-order valence-electron chi connectivity index (χ0n) is 17.9. The Morgan fingerprint density at radius 3 is 2.17 bits per heavy atom. The Hall–Kier alpha value is -2.57. The van der Waals surface area contributed by atoms with Gasteiger partial charge in [0, 0.05) is 37.8 Å². The van der Waals surface area contributed by atoms with Gasteiger partial charge in [-0.1, -0.05) is 42.5 Å². The zero-order chi connectivity index (χ0) is 21.6. The molecule has 0 saturated carbocycles. The molecule has 0 aliphatic heterocycles. The van der Waals surface area contributed by atoms with E-state index in [-0.39, 0.29) is 6.42 Å². The van der Waals surface area contributed by atoms with E-state index in [0.29, 0.717) is 39.5 Å². The summed E-state index contributed by atoms with van der Waals surface area (Å²) < 4.78 is 17.2. The normalized spacial score (nSPS) is 10.7. The van der Waals surface area contributed by atoms with Crippen molar-refractivity contribution < 1.29 is 19.0 Å². The molecule has 0 aromatic heterocycles. The third-order valence-electron chi connectivity index (χ3n) is 4.62. The summed E-state index contributed by atoms with van der Waals surface area (Å²) in [7, 11) is 0. The number of rotatable bonds is 14. The molecular formula is C24H31NO5. The number of benzene rings is 2. The van der Waals surface area contributed by atoms with Crippen molar-refractivity contribution >= 4 is 5.91 Å². The molecule has 0 saturated heterocycles. The number of carbonyl (C=O) groups excluding carboxylic acids is 1. The van der Waals surface area contributed by atoms with Crippen LogP contribution in [-0.2, 0) is 27.3 Å². The summed E-state index contributed by atoms with van der Waals surface area (Å²) in [4.78, 5) is 21.3. The summed E-state index contributed by atoms with van der Waals surface area (Å²) in [5.41, 5.74) is 4.23. The smallest absolute Gasteiger partial charge is 0.286 e. The highest BCUT2D eigenvalue weighted by atomic mass is 16.5. The molecule has 0 unspecified atom stereocenters. The van der Waals surface area contributed by atoms with Crippen molar-refractivity contribution in [3.8, 4) is 5.75 Å². The summed E-state index contributed by atoms with van der Waals surface area (Å²) in [5.74, 6) is 0.251. The molecule has 6 heteroatoms. The topological polar surface area (TPSA) is 74.2 Å². The molecule has 0 radical (unpaired) electrons. The average molecular weight is 414 g/mol. The summed E-state index contributed by atoms with van der Waals surface area (Å²) in [5, 5.41) is 2.43. The van der Waals surface area contributed by atoms with Crippen molar-refractivity contribution in [2.24, 2.45) is 5.18 Å². The number of aryl methyl sites for hydroxylation is 3. The van der Waals surface area contributed by atoms with Crippen LogP contribution in [0.2, 0.25) is 0 Å². The first-order chi connectivity index (χ1) is 14.6. The lowest BCUT2D eigenvalue weighted by Crippen LogP contribution is -2.07. The van der Waals surface area contributed by atoms with Crippen LogP contribution in [0.1, 0.15) is 41.5 Å². The fourth-order valence-electron chi connectivity index (χ4n) is 3.17. The molecule has 2 aromatic carbocycles. The van der Waals surface area contributed by atoms with Crippen molar-refractivity contribution in [2.45, 2.75) is 46.1 Å². The summed E-state index contributed by atoms with van der Waals surface area (Å²) in [6, 6.07) is 14.1. The van der Waals surface area contributed by atoms with E-state index in [1.807, 2.05) is 44.2 Å². The van der Waals surface area contributed by atoms with Crippen LogP contribution >= 0.6 is 0 Å². The predicted molar refractivity (Wildman–Crippen MR) is 117 cm³/mol. The largest absolute Gasteiger partial charge is 0.493 e. The highest BCUT2D eigenvalue weighted by molar-refractivity contribution is 5.76. The Bertz CT molecular complexity index is 768. The van der Waals surface area contributed by atoms with E-state index >= 15 is 0 Å². The van der Waals surface area contributed by atoms with E-state index in [9.17, 15) is 9.70 Å². The van der Waals surface area contributed by atoms with Crippen molar-refractivity contribution in [1.82, 2.24) is 0 Å². The van der Waals surface area contributed by atoms with Crippen LogP contribution in [-0.4, -0.2) is 32.3 Å². The number of amides is 1. The highest BCUT2D eigenvalue weighted by Gasteiger charge is 2.08. The van der Waals surface area contributed by atoms with Crippen LogP contribution < -0.4 is 4.74 Å². The quantitative estimate of drug-likeness (QED) is 0.325. The maximum atomic E-state index is 11.1. The highest BCUT2D eigenvalue weighted by Crippen LogP contribution is 2.25. The molecule has 0 bridgehead atoms. The van der Waals surface area contributed by atoms with E-state index < -0.39 is 5.91 Å². The van der Waals surface area contributed by atoms with Gasteiger partial charge in [0.15, 0.2) is 0 Å². The number of hydrogen-bond acceptors (Lipinski definition) is 5. The second-order valence-corrected chi connectivity index (χ2v) is 7.25. The lowest BCUT2D eigenvalue weighted by atomic mass is 10.0. The Labute approximate surface area is 178 Å². The second kappa shape index (κ2) is 13.6. The molecule has 2 rings (SSSR count). The monoisotopic (exact) mass is 413 g/mol. The van der Waals surface area contributed by atoms with E-state index in [1.54, 1.807) is 0 Å². The van der Waals surface area contributed by atoms with Crippen LogP contribution in [0.5, 0.6) is 5.75 Å². The minimum atomic E-state index is -0.617. The summed E-state index contributed by atoms with van der Waals surface area (Å²) >= 11 is 0. The van der Waals surface area contributed by atoms with Crippen LogP contribution in [0.25, 0.3) is 0 Å². The minimum Gasteiger partial charge on any atom is -0.493 e. The lowest BCUT2D eigenvalue weighted by molar-refractivity contribution is -0.117. The van der Waals surface area contributed by atoms with E-state index in [1.165, 1.54) is 5.56 Å². The SMILES string of the molecule is Cc1cc(CCC(=O)N=O)cc(C)c1OCCCOCCCOCc1ccccc1. The second-order valence-electron chi connectivity index (χ2n) is 7.25. The van der Waals surface area contributed by atoms with Crippen molar-refractivity contribution in [2.75, 3.05) is 26.4 Å². The summed E-state index contributed by atoms with van der Waals surface area (Å²) in [6.45, 7) is 7.20. The molecule has 0 fully saturated rings. The first-order valence-corrected chi connectivity index (χ1v) is 10.4. The van der Waals surface area contributed by atoms with Gasteiger partial charge in [0.25, 0.3) is 5.91 Å². The molecule has 0 aliphatic carbocycles. The number of nitroso groups, excluding NO2 is 1. The van der Waals surface area contributed by atoms with Crippen LogP contribution in [0.15, 0.2) is 47.6 Å². The van der Waals surface area contributed by atoms with Gasteiger partial charge in [-0.2, -0.15) is 0 Å². The molecule has 2 aromatic rings. The molecule has 0 N–H and O–H groups in total. The van der Waals surface area contributed by atoms with Gasteiger partial charge in [0.1, 0.15) is 5.75 Å². The van der Waals surface area contributed by atoms with E-state index in [0.717, 1.165) is 35.3 Å². The molecule has 0 aliphatic rings. The molecule has 6 nitrogen and oxygen atoms in total. The van der Waals surface area contributed by atoms with Gasteiger partial charge in [0.05, 0.1) is 13.2 Å². The first-order valence-electron chi connectivity index (χ1n) is 10.4. The minimum absolute atomic E-state index is 0.136. The van der Waals surface area contributed by atoms with Crippen LogP contribution in [0, 0.1) is 18.8 Å². The van der Waals surface area contributed by atoms with Gasteiger partial charge >= 0.3 is 0 Å². The fourth-order valence-corrected chi connectivity index (χ4v) is 3.17. The fraction of sp³-hybridized carbons (Fsp3) is 0.458. The molecule has 0 spiro atoms. The average Bonchev–Trinajstić information content (AvgIpc) is 2.75. The van der Waals surface area contributed by atoms with Gasteiger partial charge in [-0.25, -0.2) is 0 Å². The molecule has 1 amide bonds. The van der Waals surface area contributed by atoms with E-state index in [4.69, 9.17) is 14.2 Å².